The zero-order valence-corrected chi connectivity index (χ0v) is 15.8. The number of nitrogens with one attached hydrogen (secondary N) is 3. The maximum atomic E-state index is 4.69. The molecule has 0 aromatic carbocycles. The van der Waals surface area contributed by atoms with Gasteiger partial charge in [-0.25, -0.2) is 0 Å². The first-order valence-corrected chi connectivity index (χ1v) is 8.85. The molecule has 0 aliphatic carbocycles. The van der Waals surface area contributed by atoms with Gasteiger partial charge in [0.25, 0.3) is 0 Å². The Morgan fingerprint density at radius 3 is 2.70 bits per heavy atom. The monoisotopic (exact) mass is 321 g/mol. The number of aromatic amines is 1. The molecule has 5 heteroatoms. The van der Waals surface area contributed by atoms with Gasteiger partial charge in [0.2, 0.25) is 0 Å². The third-order valence-corrected chi connectivity index (χ3v) is 3.86. The summed E-state index contributed by atoms with van der Waals surface area (Å²) < 4.78 is 0. The number of hydrogen-bond donors (Lipinski definition) is 3. The summed E-state index contributed by atoms with van der Waals surface area (Å²) >= 11 is 0. The number of aromatic nitrogens is 2. The molecule has 0 fully saturated rings. The fourth-order valence-corrected chi connectivity index (χ4v) is 2.36. The number of aliphatic imine (C=N–C) groups is 1. The highest BCUT2D eigenvalue weighted by Gasteiger charge is 2.13. The number of rotatable bonds is 8. The minimum absolute atomic E-state index is 0.383. The second-order valence-electron chi connectivity index (χ2n) is 7.53. The highest BCUT2D eigenvalue weighted by atomic mass is 15.2. The van der Waals surface area contributed by atoms with E-state index in [2.05, 4.69) is 62.4 Å². The third kappa shape index (κ3) is 8.62. The van der Waals surface area contributed by atoms with Gasteiger partial charge in [0.1, 0.15) is 0 Å². The summed E-state index contributed by atoms with van der Waals surface area (Å²) in [5.41, 5.74) is 2.83. The Labute approximate surface area is 141 Å². The molecule has 0 bridgehead atoms. The van der Waals surface area contributed by atoms with Crippen molar-refractivity contribution < 1.29 is 0 Å². The Kier molecular flexibility index (Phi) is 8.13. The van der Waals surface area contributed by atoms with Gasteiger partial charge in [-0.3, -0.25) is 10.1 Å². The van der Waals surface area contributed by atoms with Crippen LogP contribution in [0.1, 0.15) is 65.1 Å². The molecule has 0 spiro atoms. The van der Waals surface area contributed by atoms with Crippen LogP contribution in [0, 0.1) is 12.3 Å². The quantitative estimate of drug-likeness (QED) is 0.390. The van der Waals surface area contributed by atoms with Crippen LogP contribution < -0.4 is 10.6 Å². The largest absolute Gasteiger partial charge is 0.357 e. The van der Waals surface area contributed by atoms with Gasteiger partial charge in [-0.1, -0.05) is 20.8 Å². The SMILES string of the molecule is CCNC(=NCCCc1cn[nH]c1C)NC(C)CCC(C)(C)C. The lowest BCUT2D eigenvalue weighted by molar-refractivity contribution is 0.346. The first kappa shape index (κ1) is 19.5. The summed E-state index contributed by atoms with van der Waals surface area (Å²) in [6, 6.07) is 0.433. The van der Waals surface area contributed by atoms with Crippen molar-refractivity contribution in [2.75, 3.05) is 13.1 Å². The fourth-order valence-electron chi connectivity index (χ4n) is 2.36. The van der Waals surface area contributed by atoms with Crippen LogP contribution in [-0.2, 0) is 6.42 Å². The van der Waals surface area contributed by atoms with Crippen LogP contribution in [0.4, 0.5) is 0 Å². The van der Waals surface area contributed by atoms with Gasteiger partial charge in [0.15, 0.2) is 5.96 Å². The maximum Gasteiger partial charge on any atom is 0.191 e. The first-order chi connectivity index (χ1) is 10.8. The third-order valence-electron chi connectivity index (χ3n) is 3.86. The van der Waals surface area contributed by atoms with Crippen LogP contribution >= 0.6 is 0 Å². The van der Waals surface area contributed by atoms with E-state index in [0.29, 0.717) is 11.5 Å². The highest BCUT2D eigenvalue weighted by Crippen LogP contribution is 2.21. The van der Waals surface area contributed by atoms with Crippen molar-refractivity contribution in [1.29, 1.82) is 0 Å². The van der Waals surface area contributed by atoms with Crippen LogP contribution in [0.15, 0.2) is 11.2 Å². The topological polar surface area (TPSA) is 65.1 Å². The van der Waals surface area contributed by atoms with E-state index in [1.807, 2.05) is 6.20 Å². The van der Waals surface area contributed by atoms with Gasteiger partial charge in [0, 0.05) is 24.8 Å². The zero-order valence-electron chi connectivity index (χ0n) is 15.8. The summed E-state index contributed by atoms with van der Waals surface area (Å²) in [5, 5.41) is 13.9. The Morgan fingerprint density at radius 1 is 1.39 bits per heavy atom. The maximum absolute atomic E-state index is 4.69. The van der Waals surface area contributed by atoms with Crippen molar-refractivity contribution in [3.63, 3.8) is 0 Å². The molecule has 0 aliphatic rings. The molecule has 1 atom stereocenters. The molecule has 0 amide bonds. The Bertz CT molecular complexity index is 470. The predicted octanol–water partition coefficient (Wildman–Crippen LogP) is 3.42. The van der Waals surface area contributed by atoms with Gasteiger partial charge in [0.05, 0.1) is 6.20 Å². The van der Waals surface area contributed by atoms with Gasteiger partial charge in [-0.15, -0.1) is 0 Å². The summed E-state index contributed by atoms with van der Waals surface area (Å²) in [7, 11) is 0. The van der Waals surface area contributed by atoms with Gasteiger partial charge < -0.3 is 10.6 Å². The van der Waals surface area contributed by atoms with Gasteiger partial charge in [-0.2, -0.15) is 5.10 Å². The summed E-state index contributed by atoms with van der Waals surface area (Å²) in [5.74, 6) is 0.929. The average molecular weight is 322 g/mol. The molecule has 132 valence electrons. The first-order valence-electron chi connectivity index (χ1n) is 8.85. The second kappa shape index (κ2) is 9.58. The van der Waals surface area contributed by atoms with E-state index in [1.165, 1.54) is 12.0 Å². The summed E-state index contributed by atoms with van der Waals surface area (Å²) in [6.07, 6.45) is 6.33. The van der Waals surface area contributed by atoms with Crippen molar-refractivity contribution in [2.24, 2.45) is 10.4 Å². The lowest BCUT2D eigenvalue weighted by Gasteiger charge is -2.23. The number of guanidine groups is 1. The van der Waals surface area contributed by atoms with E-state index < -0.39 is 0 Å². The molecule has 1 aromatic rings. The minimum atomic E-state index is 0.383. The van der Waals surface area contributed by atoms with Crippen molar-refractivity contribution in [1.82, 2.24) is 20.8 Å². The molecular formula is C18H35N5. The van der Waals surface area contributed by atoms with E-state index in [1.54, 1.807) is 0 Å². The Hall–Kier alpha value is -1.52. The molecular weight excluding hydrogens is 286 g/mol. The fraction of sp³-hybridized carbons (Fsp3) is 0.778. The van der Waals surface area contributed by atoms with Gasteiger partial charge >= 0.3 is 0 Å². The molecule has 0 saturated carbocycles. The zero-order chi connectivity index (χ0) is 17.3. The number of nitrogens with zero attached hydrogens (tertiary/aromatic N) is 2. The predicted molar refractivity (Wildman–Crippen MR) is 98.9 cm³/mol. The van der Waals surface area contributed by atoms with Crippen molar-refractivity contribution in [2.45, 2.75) is 73.3 Å². The van der Waals surface area contributed by atoms with Crippen LogP contribution in [0.25, 0.3) is 0 Å². The molecule has 23 heavy (non-hydrogen) atoms. The molecule has 1 aromatic heterocycles. The molecule has 1 rings (SSSR count). The molecule has 3 N–H and O–H groups in total. The van der Waals surface area contributed by atoms with Gasteiger partial charge in [-0.05, 0) is 57.4 Å². The molecule has 1 unspecified atom stereocenters. The van der Waals surface area contributed by atoms with E-state index in [-0.39, 0.29) is 0 Å². The molecule has 0 aliphatic heterocycles. The van der Waals surface area contributed by atoms with Crippen molar-refractivity contribution in [3.8, 4) is 0 Å². The van der Waals surface area contributed by atoms with E-state index >= 15 is 0 Å². The van der Waals surface area contributed by atoms with Crippen LogP contribution in [0.3, 0.4) is 0 Å². The Morgan fingerprint density at radius 2 is 2.13 bits per heavy atom. The normalized spacial score (nSPS) is 13.9. The summed E-state index contributed by atoms with van der Waals surface area (Å²) in [6.45, 7) is 15.0. The lowest BCUT2D eigenvalue weighted by Crippen LogP contribution is -2.42. The standard InChI is InChI=1S/C18H35N5/c1-7-19-17(22-14(2)10-11-18(4,5)6)20-12-8-9-16-13-21-23-15(16)3/h13-14H,7-12H2,1-6H3,(H,21,23)(H2,19,20,22). The van der Waals surface area contributed by atoms with E-state index in [4.69, 9.17) is 4.99 Å². The molecule has 0 radical (unpaired) electrons. The minimum Gasteiger partial charge on any atom is -0.357 e. The second-order valence-corrected chi connectivity index (χ2v) is 7.53. The van der Waals surface area contributed by atoms with E-state index in [0.717, 1.165) is 44.0 Å². The Balaban J connectivity index is 2.38. The van der Waals surface area contributed by atoms with Crippen LogP contribution in [-0.4, -0.2) is 35.3 Å². The molecule has 1 heterocycles. The number of H-pyrrole nitrogens is 1. The van der Waals surface area contributed by atoms with Crippen molar-refractivity contribution >= 4 is 5.96 Å². The highest BCUT2D eigenvalue weighted by molar-refractivity contribution is 5.80. The summed E-state index contributed by atoms with van der Waals surface area (Å²) in [4.78, 5) is 4.69. The number of aryl methyl sites for hydroxylation is 2. The molecule has 5 nitrogen and oxygen atoms in total. The van der Waals surface area contributed by atoms with Crippen LogP contribution in [0.5, 0.6) is 0 Å². The van der Waals surface area contributed by atoms with E-state index in [9.17, 15) is 0 Å². The number of hydrogen-bond acceptors (Lipinski definition) is 2. The van der Waals surface area contributed by atoms with Crippen molar-refractivity contribution in [3.05, 3.63) is 17.5 Å². The smallest absolute Gasteiger partial charge is 0.191 e. The van der Waals surface area contributed by atoms with Crippen LogP contribution in [0.2, 0.25) is 0 Å². The average Bonchev–Trinajstić information content (AvgIpc) is 2.86. The lowest BCUT2D eigenvalue weighted by atomic mass is 9.89. The molecule has 0 saturated heterocycles.